The SMILES string of the molecule is COCC12CCC(COC)(CC(c3ccc(N)c(C4=CCC(C)(C)CC4)c3)C1)O2. The van der Waals surface area contributed by atoms with Crippen LogP contribution in [-0.4, -0.2) is 38.6 Å². The van der Waals surface area contributed by atoms with Gasteiger partial charge in [-0.15, -0.1) is 0 Å². The average Bonchev–Trinajstić information content (AvgIpc) is 2.93. The molecule has 2 heterocycles. The van der Waals surface area contributed by atoms with Crippen LogP contribution < -0.4 is 5.73 Å². The zero-order chi connectivity index (χ0) is 20.7. The second-order valence-electron chi connectivity index (χ2n) is 10.4. The summed E-state index contributed by atoms with van der Waals surface area (Å²) in [7, 11) is 3.55. The Kier molecular flexibility index (Phi) is 5.56. The smallest absolute Gasteiger partial charge is 0.0930 e. The van der Waals surface area contributed by atoms with Crippen molar-refractivity contribution in [2.24, 2.45) is 5.41 Å². The Morgan fingerprint density at radius 1 is 1.03 bits per heavy atom. The molecular weight excluding hydrogens is 362 g/mol. The highest BCUT2D eigenvalue weighted by molar-refractivity contribution is 5.76. The topological polar surface area (TPSA) is 53.7 Å². The summed E-state index contributed by atoms with van der Waals surface area (Å²) in [6.07, 6.45) is 9.95. The molecule has 1 aliphatic carbocycles. The Bertz CT molecular complexity index is 764. The molecule has 0 spiro atoms. The molecule has 0 radical (unpaired) electrons. The fraction of sp³-hybridized carbons (Fsp3) is 0.680. The fourth-order valence-electron chi connectivity index (χ4n) is 5.78. The Hall–Kier alpha value is -1.36. The van der Waals surface area contributed by atoms with Gasteiger partial charge in [-0.2, -0.15) is 0 Å². The molecular formula is C25H37NO3. The van der Waals surface area contributed by atoms with E-state index in [2.05, 4.69) is 38.1 Å². The molecule has 2 fully saturated rings. The van der Waals surface area contributed by atoms with Gasteiger partial charge in [0, 0.05) is 25.5 Å². The maximum absolute atomic E-state index is 6.61. The van der Waals surface area contributed by atoms with Crippen LogP contribution in [0.15, 0.2) is 24.3 Å². The minimum Gasteiger partial charge on any atom is -0.398 e. The number of methoxy groups -OCH3 is 2. The van der Waals surface area contributed by atoms with E-state index in [0.717, 1.165) is 44.2 Å². The number of anilines is 1. The van der Waals surface area contributed by atoms with Gasteiger partial charge in [-0.1, -0.05) is 26.0 Å². The number of ether oxygens (including phenoxy) is 3. The summed E-state index contributed by atoms with van der Waals surface area (Å²) < 4.78 is 17.8. The molecule has 0 aromatic heterocycles. The van der Waals surface area contributed by atoms with Crippen molar-refractivity contribution in [3.8, 4) is 0 Å². The lowest BCUT2D eigenvalue weighted by Gasteiger charge is -2.44. The minimum atomic E-state index is -0.189. The van der Waals surface area contributed by atoms with Gasteiger partial charge in [0.1, 0.15) is 0 Å². The van der Waals surface area contributed by atoms with Crippen molar-refractivity contribution in [1.82, 2.24) is 0 Å². The number of fused-ring (bicyclic) bond motifs is 2. The molecule has 0 amide bonds. The molecule has 2 aliphatic heterocycles. The molecule has 1 aromatic rings. The predicted octanol–water partition coefficient (Wildman–Crippen LogP) is 5.32. The van der Waals surface area contributed by atoms with Crippen LogP contribution in [0.5, 0.6) is 0 Å². The first-order valence-corrected chi connectivity index (χ1v) is 11.1. The summed E-state index contributed by atoms with van der Waals surface area (Å²) in [6, 6.07) is 6.69. The van der Waals surface area contributed by atoms with Gasteiger partial charge >= 0.3 is 0 Å². The van der Waals surface area contributed by atoms with Crippen LogP contribution in [0, 0.1) is 5.41 Å². The quantitative estimate of drug-likeness (QED) is 0.658. The number of allylic oxidation sites excluding steroid dienone is 2. The summed E-state index contributed by atoms with van der Waals surface area (Å²) in [4.78, 5) is 0. The van der Waals surface area contributed by atoms with E-state index in [0.29, 0.717) is 24.5 Å². The van der Waals surface area contributed by atoms with Gasteiger partial charge in [0.05, 0.1) is 24.4 Å². The molecule has 2 bridgehead atoms. The van der Waals surface area contributed by atoms with E-state index >= 15 is 0 Å². The van der Waals surface area contributed by atoms with Crippen molar-refractivity contribution >= 4 is 11.3 Å². The molecule has 4 heteroatoms. The lowest BCUT2D eigenvalue weighted by atomic mass is 9.75. The number of nitrogens with two attached hydrogens (primary N) is 1. The van der Waals surface area contributed by atoms with Crippen molar-refractivity contribution in [2.45, 2.75) is 75.9 Å². The molecule has 2 unspecified atom stereocenters. The Morgan fingerprint density at radius 2 is 1.69 bits per heavy atom. The highest BCUT2D eigenvalue weighted by Gasteiger charge is 2.55. The Morgan fingerprint density at radius 3 is 2.24 bits per heavy atom. The van der Waals surface area contributed by atoms with Gasteiger partial charge in [-0.05, 0) is 79.5 Å². The van der Waals surface area contributed by atoms with Crippen LogP contribution in [0.25, 0.3) is 5.57 Å². The van der Waals surface area contributed by atoms with Crippen molar-refractivity contribution in [3.05, 3.63) is 35.4 Å². The zero-order valence-corrected chi connectivity index (χ0v) is 18.6. The molecule has 2 saturated heterocycles. The fourth-order valence-corrected chi connectivity index (χ4v) is 5.78. The normalized spacial score (nSPS) is 33.5. The highest BCUT2D eigenvalue weighted by atomic mass is 16.6. The Labute approximate surface area is 175 Å². The lowest BCUT2D eigenvalue weighted by Crippen LogP contribution is -2.48. The van der Waals surface area contributed by atoms with Gasteiger partial charge in [0.25, 0.3) is 0 Å². The number of rotatable bonds is 6. The minimum absolute atomic E-state index is 0.189. The van der Waals surface area contributed by atoms with Crippen LogP contribution in [0.4, 0.5) is 5.69 Å². The van der Waals surface area contributed by atoms with Crippen molar-refractivity contribution < 1.29 is 14.2 Å². The van der Waals surface area contributed by atoms with E-state index in [1.165, 1.54) is 23.1 Å². The largest absolute Gasteiger partial charge is 0.398 e. The van der Waals surface area contributed by atoms with Gasteiger partial charge in [-0.25, -0.2) is 0 Å². The van der Waals surface area contributed by atoms with Crippen molar-refractivity contribution in [2.75, 3.05) is 33.2 Å². The number of nitrogen functional groups attached to an aromatic ring is 1. The first kappa shape index (κ1) is 20.9. The van der Waals surface area contributed by atoms with E-state index in [-0.39, 0.29) is 11.2 Å². The van der Waals surface area contributed by atoms with Crippen molar-refractivity contribution in [1.29, 1.82) is 0 Å². The third-order valence-corrected chi connectivity index (χ3v) is 7.39. The zero-order valence-electron chi connectivity index (χ0n) is 18.6. The summed E-state index contributed by atoms with van der Waals surface area (Å²) in [5, 5.41) is 0. The number of hydrogen-bond donors (Lipinski definition) is 1. The lowest BCUT2D eigenvalue weighted by molar-refractivity contribution is -0.184. The molecule has 29 heavy (non-hydrogen) atoms. The second-order valence-corrected chi connectivity index (χ2v) is 10.4. The number of benzene rings is 1. The highest BCUT2D eigenvalue weighted by Crippen LogP contribution is 2.54. The van der Waals surface area contributed by atoms with Crippen LogP contribution in [0.1, 0.15) is 75.8 Å². The molecule has 0 saturated carbocycles. The third-order valence-electron chi connectivity index (χ3n) is 7.39. The van der Waals surface area contributed by atoms with Gasteiger partial charge < -0.3 is 19.9 Å². The monoisotopic (exact) mass is 399 g/mol. The van der Waals surface area contributed by atoms with Gasteiger partial charge in [0.2, 0.25) is 0 Å². The number of hydrogen-bond acceptors (Lipinski definition) is 4. The van der Waals surface area contributed by atoms with E-state index in [9.17, 15) is 0 Å². The first-order chi connectivity index (χ1) is 13.8. The van der Waals surface area contributed by atoms with Crippen LogP contribution in [0.3, 0.4) is 0 Å². The molecule has 3 aliphatic rings. The molecule has 2 atom stereocenters. The molecule has 4 rings (SSSR count). The van der Waals surface area contributed by atoms with Crippen LogP contribution in [-0.2, 0) is 14.2 Å². The summed E-state index contributed by atoms with van der Waals surface area (Å²) in [5.41, 5.74) is 11.4. The standard InChI is InChI=1S/C25H37NO3/c1-23(2)9-7-18(8-10-23)21-13-19(5-6-22(21)26)20-14-24(16-27-3)11-12-25(15-20,29-24)17-28-4/h5-7,13,20H,8-12,14-17,26H2,1-4H3. The van der Waals surface area contributed by atoms with E-state index in [1.54, 1.807) is 14.2 Å². The molecule has 4 nitrogen and oxygen atoms in total. The average molecular weight is 400 g/mol. The van der Waals surface area contributed by atoms with E-state index in [1.807, 2.05) is 0 Å². The van der Waals surface area contributed by atoms with Gasteiger partial charge in [0.15, 0.2) is 0 Å². The molecule has 1 aromatic carbocycles. The summed E-state index contributed by atoms with van der Waals surface area (Å²) in [5.74, 6) is 0.441. The molecule has 2 N–H and O–H groups in total. The Balaban J connectivity index is 1.64. The van der Waals surface area contributed by atoms with E-state index in [4.69, 9.17) is 19.9 Å². The maximum Gasteiger partial charge on any atom is 0.0930 e. The predicted molar refractivity (Wildman–Crippen MR) is 118 cm³/mol. The van der Waals surface area contributed by atoms with E-state index < -0.39 is 0 Å². The third kappa shape index (κ3) is 4.12. The maximum atomic E-state index is 6.61. The van der Waals surface area contributed by atoms with Crippen LogP contribution in [0.2, 0.25) is 0 Å². The van der Waals surface area contributed by atoms with Crippen molar-refractivity contribution in [3.63, 3.8) is 0 Å². The van der Waals surface area contributed by atoms with Gasteiger partial charge in [-0.3, -0.25) is 0 Å². The molecule has 160 valence electrons. The first-order valence-electron chi connectivity index (χ1n) is 11.1. The second kappa shape index (κ2) is 7.72. The summed E-state index contributed by atoms with van der Waals surface area (Å²) >= 11 is 0. The summed E-state index contributed by atoms with van der Waals surface area (Å²) in [6.45, 7) is 6.00. The van der Waals surface area contributed by atoms with Crippen LogP contribution >= 0.6 is 0 Å².